The van der Waals surface area contributed by atoms with E-state index in [2.05, 4.69) is 5.32 Å². The van der Waals surface area contributed by atoms with Crippen LogP contribution in [0.15, 0.2) is 23.1 Å². The van der Waals surface area contributed by atoms with Gasteiger partial charge < -0.3 is 11.1 Å². The summed E-state index contributed by atoms with van der Waals surface area (Å²) < 4.78 is 12.1. The Kier molecular flexibility index (Phi) is 5.34. The van der Waals surface area contributed by atoms with Gasteiger partial charge >= 0.3 is 0 Å². The molecule has 18 heavy (non-hydrogen) atoms. The van der Waals surface area contributed by atoms with E-state index in [4.69, 9.17) is 5.73 Å². The number of nitrogen functional groups attached to an aromatic ring is 1. The van der Waals surface area contributed by atoms with E-state index in [9.17, 15) is 9.00 Å². The van der Waals surface area contributed by atoms with E-state index < -0.39 is 10.8 Å². The average Bonchev–Trinajstić information content (AvgIpc) is 2.25. The van der Waals surface area contributed by atoms with Crippen molar-refractivity contribution in [1.82, 2.24) is 5.32 Å². The zero-order valence-electron chi connectivity index (χ0n) is 11.0. The number of carbonyl (C=O) groups is 1. The quantitative estimate of drug-likeness (QED) is 0.797. The van der Waals surface area contributed by atoms with Crippen LogP contribution in [0, 0.1) is 6.92 Å². The number of nitrogens with two attached hydrogens (primary N) is 1. The van der Waals surface area contributed by atoms with Gasteiger partial charge in [0.05, 0.1) is 10.8 Å². The van der Waals surface area contributed by atoms with E-state index in [1.54, 1.807) is 18.2 Å². The van der Waals surface area contributed by atoms with Gasteiger partial charge in [0.1, 0.15) is 0 Å². The summed E-state index contributed by atoms with van der Waals surface area (Å²) in [4.78, 5) is 12.2. The second-order valence-electron chi connectivity index (χ2n) is 4.55. The normalized spacial score (nSPS) is 12.4. The van der Waals surface area contributed by atoms with Crippen molar-refractivity contribution in [2.75, 3.05) is 11.5 Å². The molecule has 0 radical (unpaired) electrons. The Hall–Kier alpha value is -1.36. The minimum atomic E-state index is -1.16. The molecule has 0 aromatic heterocycles. The summed E-state index contributed by atoms with van der Waals surface area (Å²) in [6, 6.07) is 5.40. The molecule has 1 aromatic carbocycles. The Morgan fingerprint density at radius 1 is 1.44 bits per heavy atom. The highest BCUT2D eigenvalue weighted by molar-refractivity contribution is 7.85. The fourth-order valence-electron chi connectivity index (χ4n) is 1.62. The Morgan fingerprint density at radius 3 is 2.67 bits per heavy atom. The lowest BCUT2D eigenvalue weighted by Gasteiger charge is -2.09. The molecule has 0 fully saturated rings. The lowest BCUT2D eigenvalue weighted by Crippen LogP contribution is -2.30. The molecule has 1 aromatic rings. The van der Waals surface area contributed by atoms with E-state index in [1.807, 2.05) is 20.8 Å². The predicted octanol–water partition coefficient (Wildman–Crippen LogP) is 1.60. The van der Waals surface area contributed by atoms with Gasteiger partial charge in [0.2, 0.25) is 5.91 Å². The maximum absolute atomic E-state index is 12.1. The molecule has 4 nitrogen and oxygen atoms in total. The fraction of sp³-hybridized carbons (Fsp3) is 0.462. The number of rotatable bonds is 5. The van der Waals surface area contributed by atoms with Crippen LogP contribution < -0.4 is 11.1 Å². The number of benzene rings is 1. The number of amides is 1. The molecule has 100 valence electrons. The molecule has 0 aliphatic heterocycles. The number of anilines is 1. The second kappa shape index (κ2) is 6.54. The Morgan fingerprint density at radius 2 is 2.11 bits per heavy atom. The van der Waals surface area contributed by atoms with Gasteiger partial charge in [-0.05, 0) is 44.5 Å². The molecule has 0 aliphatic rings. The SMILES string of the molecule is Cc1cc(N)ccc1S(=O)CCC(=O)NC(C)C. The fourth-order valence-corrected chi connectivity index (χ4v) is 2.85. The van der Waals surface area contributed by atoms with Crippen LogP contribution in [0.25, 0.3) is 0 Å². The Balaban J connectivity index is 2.58. The van der Waals surface area contributed by atoms with Crippen molar-refractivity contribution in [2.24, 2.45) is 0 Å². The van der Waals surface area contributed by atoms with E-state index in [0.29, 0.717) is 11.4 Å². The third-order valence-corrected chi connectivity index (χ3v) is 3.93. The lowest BCUT2D eigenvalue weighted by molar-refractivity contribution is -0.121. The number of aryl methyl sites for hydroxylation is 1. The highest BCUT2D eigenvalue weighted by atomic mass is 32.2. The first kappa shape index (κ1) is 14.7. The topological polar surface area (TPSA) is 72.2 Å². The third-order valence-electron chi connectivity index (χ3n) is 2.41. The molecule has 0 saturated carbocycles. The van der Waals surface area contributed by atoms with Crippen LogP contribution in [0.2, 0.25) is 0 Å². The number of hydrogen-bond acceptors (Lipinski definition) is 3. The second-order valence-corrected chi connectivity index (χ2v) is 6.09. The van der Waals surface area contributed by atoms with Crippen LogP contribution in [0.3, 0.4) is 0 Å². The molecule has 0 bridgehead atoms. The molecule has 1 rings (SSSR count). The minimum Gasteiger partial charge on any atom is -0.399 e. The average molecular weight is 268 g/mol. The number of hydrogen-bond donors (Lipinski definition) is 2. The predicted molar refractivity (Wildman–Crippen MR) is 74.8 cm³/mol. The van der Waals surface area contributed by atoms with E-state index in [0.717, 1.165) is 10.5 Å². The van der Waals surface area contributed by atoms with Crippen molar-refractivity contribution in [3.8, 4) is 0 Å². The first-order valence-electron chi connectivity index (χ1n) is 5.94. The van der Waals surface area contributed by atoms with Gasteiger partial charge in [-0.2, -0.15) is 0 Å². The Bertz CT molecular complexity index is 458. The highest BCUT2D eigenvalue weighted by Gasteiger charge is 2.10. The summed E-state index contributed by atoms with van der Waals surface area (Å²) in [7, 11) is -1.16. The first-order chi connectivity index (χ1) is 8.40. The van der Waals surface area contributed by atoms with Gasteiger partial charge in [-0.15, -0.1) is 0 Å². The smallest absolute Gasteiger partial charge is 0.221 e. The zero-order chi connectivity index (χ0) is 13.7. The first-order valence-corrected chi connectivity index (χ1v) is 7.26. The van der Waals surface area contributed by atoms with E-state index in [-0.39, 0.29) is 18.4 Å². The summed E-state index contributed by atoms with van der Waals surface area (Å²) in [5, 5.41) is 2.78. The number of nitrogens with one attached hydrogen (secondary N) is 1. The molecule has 0 saturated heterocycles. The Labute approximate surface area is 110 Å². The van der Waals surface area contributed by atoms with Crippen LogP contribution in [0.4, 0.5) is 5.69 Å². The van der Waals surface area contributed by atoms with Crippen LogP contribution >= 0.6 is 0 Å². The van der Waals surface area contributed by atoms with Crippen molar-refractivity contribution in [3.05, 3.63) is 23.8 Å². The monoisotopic (exact) mass is 268 g/mol. The molecule has 1 atom stereocenters. The molecule has 3 N–H and O–H groups in total. The molecule has 1 amide bonds. The van der Waals surface area contributed by atoms with Crippen molar-refractivity contribution < 1.29 is 9.00 Å². The van der Waals surface area contributed by atoms with E-state index in [1.165, 1.54) is 0 Å². The molecule has 0 heterocycles. The summed E-state index contributed by atoms with van der Waals surface area (Å²) in [5.41, 5.74) is 7.20. The molecule has 0 spiro atoms. The highest BCUT2D eigenvalue weighted by Crippen LogP contribution is 2.16. The van der Waals surface area contributed by atoms with Gasteiger partial charge in [0.25, 0.3) is 0 Å². The minimum absolute atomic E-state index is 0.0635. The molecular weight excluding hydrogens is 248 g/mol. The van der Waals surface area contributed by atoms with Crippen LogP contribution in [0.5, 0.6) is 0 Å². The summed E-state index contributed by atoms with van der Waals surface area (Å²) in [5.74, 6) is 0.273. The molecule has 0 aliphatic carbocycles. The van der Waals surface area contributed by atoms with Gasteiger partial charge in [0.15, 0.2) is 0 Å². The van der Waals surface area contributed by atoms with Crippen LogP contribution in [0.1, 0.15) is 25.8 Å². The number of carbonyl (C=O) groups excluding carboxylic acids is 1. The van der Waals surface area contributed by atoms with Crippen molar-refractivity contribution in [3.63, 3.8) is 0 Å². The van der Waals surface area contributed by atoms with Crippen LogP contribution in [-0.4, -0.2) is 21.9 Å². The van der Waals surface area contributed by atoms with Crippen molar-refractivity contribution >= 4 is 22.4 Å². The summed E-state index contributed by atoms with van der Waals surface area (Å²) in [6.07, 6.45) is 0.272. The van der Waals surface area contributed by atoms with Crippen LogP contribution in [-0.2, 0) is 15.6 Å². The van der Waals surface area contributed by atoms with E-state index >= 15 is 0 Å². The van der Waals surface area contributed by atoms with Gasteiger partial charge in [0, 0.05) is 28.8 Å². The maximum Gasteiger partial charge on any atom is 0.221 e. The standard InChI is InChI=1S/C13H20N2O2S/c1-9(2)15-13(16)6-7-18(17)12-5-4-11(14)8-10(12)3/h4-5,8-9H,6-7,14H2,1-3H3,(H,15,16). The molecule has 1 unspecified atom stereocenters. The van der Waals surface area contributed by atoms with Gasteiger partial charge in [-0.25, -0.2) is 0 Å². The molecular formula is C13H20N2O2S. The summed E-state index contributed by atoms with van der Waals surface area (Å²) in [6.45, 7) is 5.68. The molecule has 5 heteroatoms. The van der Waals surface area contributed by atoms with Gasteiger partial charge in [-0.1, -0.05) is 0 Å². The summed E-state index contributed by atoms with van der Waals surface area (Å²) >= 11 is 0. The van der Waals surface area contributed by atoms with Crippen molar-refractivity contribution in [1.29, 1.82) is 0 Å². The third kappa shape index (κ3) is 4.49. The largest absolute Gasteiger partial charge is 0.399 e. The maximum atomic E-state index is 12.1. The zero-order valence-corrected chi connectivity index (χ0v) is 11.8. The lowest BCUT2D eigenvalue weighted by atomic mass is 10.2. The van der Waals surface area contributed by atoms with Crippen molar-refractivity contribution in [2.45, 2.75) is 38.1 Å². The van der Waals surface area contributed by atoms with Gasteiger partial charge in [-0.3, -0.25) is 9.00 Å².